The zero-order chi connectivity index (χ0) is 15.8. The van der Waals surface area contributed by atoms with Crippen molar-refractivity contribution in [3.8, 4) is 0 Å². The van der Waals surface area contributed by atoms with Crippen LogP contribution < -0.4 is 11.1 Å². The Balaban J connectivity index is 2.51. The number of nitrogen functional groups attached to an aromatic ring is 1. The number of nitrogens with two attached hydrogens (primary N) is 1. The third-order valence-corrected chi connectivity index (χ3v) is 3.11. The number of hydrogen-bond acceptors (Lipinski definition) is 4. The third kappa shape index (κ3) is 6.04. The lowest BCUT2D eigenvalue weighted by molar-refractivity contribution is -0.129. The monoisotopic (exact) mass is 312 g/mol. The summed E-state index contributed by atoms with van der Waals surface area (Å²) in [6.45, 7) is 4.20. The number of amides is 1. The van der Waals surface area contributed by atoms with E-state index < -0.39 is 12.1 Å². The van der Waals surface area contributed by atoms with Crippen LogP contribution in [0.2, 0.25) is 5.02 Å². The van der Waals surface area contributed by atoms with E-state index in [0.29, 0.717) is 17.3 Å². The van der Waals surface area contributed by atoms with Crippen LogP contribution in [-0.4, -0.2) is 24.5 Å². The summed E-state index contributed by atoms with van der Waals surface area (Å²) in [5.74, 6) is -0.935. The molecule has 0 radical (unpaired) electrons. The maximum Gasteiger partial charge on any atom is 0.339 e. The van der Waals surface area contributed by atoms with Gasteiger partial charge in [0.2, 0.25) is 0 Å². The van der Waals surface area contributed by atoms with Gasteiger partial charge in [0.15, 0.2) is 6.10 Å². The highest BCUT2D eigenvalue weighted by Crippen LogP contribution is 2.17. The van der Waals surface area contributed by atoms with Gasteiger partial charge in [-0.1, -0.05) is 31.4 Å². The van der Waals surface area contributed by atoms with Crippen molar-refractivity contribution in [3.63, 3.8) is 0 Å². The summed E-state index contributed by atoms with van der Waals surface area (Å²) in [6.07, 6.45) is 2.18. The molecule has 0 saturated carbocycles. The van der Waals surface area contributed by atoms with E-state index in [9.17, 15) is 9.59 Å². The fraction of sp³-hybridized carbons (Fsp3) is 0.467. The Bertz CT molecular complexity index is 485. The summed E-state index contributed by atoms with van der Waals surface area (Å²) < 4.78 is 5.10. The first kappa shape index (κ1) is 17.3. The van der Waals surface area contributed by atoms with Crippen molar-refractivity contribution in [3.05, 3.63) is 28.8 Å². The number of carbonyl (C=O) groups is 2. The lowest BCUT2D eigenvalue weighted by Gasteiger charge is -2.13. The van der Waals surface area contributed by atoms with E-state index in [1.165, 1.54) is 25.1 Å². The molecule has 0 saturated heterocycles. The highest BCUT2D eigenvalue weighted by atomic mass is 35.5. The minimum absolute atomic E-state index is 0.227. The first-order valence-corrected chi connectivity index (χ1v) is 7.36. The molecule has 0 spiro atoms. The van der Waals surface area contributed by atoms with Gasteiger partial charge >= 0.3 is 5.97 Å². The van der Waals surface area contributed by atoms with Crippen molar-refractivity contribution >= 4 is 29.2 Å². The largest absolute Gasteiger partial charge is 0.449 e. The molecule has 3 N–H and O–H groups in total. The zero-order valence-corrected chi connectivity index (χ0v) is 13.1. The van der Waals surface area contributed by atoms with Gasteiger partial charge in [-0.2, -0.15) is 0 Å². The SMILES string of the molecule is CCCCCNC(=O)C(C)OC(=O)c1cc(N)cc(Cl)c1. The van der Waals surface area contributed by atoms with E-state index in [1.807, 2.05) is 0 Å². The van der Waals surface area contributed by atoms with Gasteiger partial charge in [0, 0.05) is 17.3 Å². The predicted octanol–water partition coefficient (Wildman–Crippen LogP) is 2.77. The number of carbonyl (C=O) groups excluding carboxylic acids is 2. The van der Waals surface area contributed by atoms with E-state index in [1.54, 1.807) is 0 Å². The van der Waals surface area contributed by atoms with Gasteiger partial charge < -0.3 is 15.8 Å². The predicted molar refractivity (Wildman–Crippen MR) is 83.3 cm³/mol. The number of esters is 1. The van der Waals surface area contributed by atoms with Crippen LogP contribution in [-0.2, 0) is 9.53 Å². The Morgan fingerprint density at radius 2 is 2.05 bits per heavy atom. The number of hydrogen-bond donors (Lipinski definition) is 2. The topological polar surface area (TPSA) is 81.4 Å². The minimum Gasteiger partial charge on any atom is -0.449 e. The van der Waals surface area contributed by atoms with Crippen molar-refractivity contribution < 1.29 is 14.3 Å². The molecule has 1 amide bonds. The highest BCUT2D eigenvalue weighted by Gasteiger charge is 2.19. The average molecular weight is 313 g/mol. The molecule has 0 aliphatic carbocycles. The van der Waals surface area contributed by atoms with Crippen molar-refractivity contribution in [1.29, 1.82) is 0 Å². The van der Waals surface area contributed by atoms with Crippen molar-refractivity contribution in [2.45, 2.75) is 39.2 Å². The molecular formula is C15H21ClN2O3. The number of anilines is 1. The molecule has 1 unspecified atom stereocenters. The summed E-state index contributed by atoms with van der Waals surface area (Å²) >= 11 is 5.82. The zero-order valence-electron chi connectivity index (χ0n) is 12.3. The van der Waals surface area contributed by atoms with Gasteiger partial charge in [0.1, 0.15) is 0 Å². The van der Waals surface area contributed by atoms with Gasteiger partial charge in [0.25, 0.3) is 5.91 Å². The molecule has 0 aliphatic heterocycles. The van der Waals surface area contributed by atoms with Gasteiger partial charge in [-0.05, 0) is 31.5 Å². The maximum atomic E-state index is 11.9. The molecule has 0 aliphatic rings. The second-order valence-corrected chi connectivity index (χ2v) is 5.26. The van der Waals surface area contributed by atoms with Crippen LogP contribution in [0.25, 0.3) is 0 Å². The van der Waals surface area contributed by atoms with Crippen molar-refractivity contribution in [2.24, 2.45) is 0 Å². The van der Waals surface area contributed by atoms with Gasteiger partial charge in [0.05, 0.1) is 5.56 Å². The smallest absolute Gasteiger partial charge is 0.339 e. The number of nitrogens with one attached hydrogen (secondary N) is 1. The van der Waals surface area contributed by atoms with Crippen LogP contribution in [0, 0.1) is 0 Å². The normalized spacial score (nSPS) is 11.8. The van der Waals surface area contributed by atoms with Crippen LogP contribution in [0.1, 0.15) is 43.5 Å². The molecule has 116 valence electrons. The van der Waals surface area contributed by atoms with Crippen LogP contribution in [0.5, 0.6) is 0 Å². The molecule has 6 heteroatoms. The fourth-order valence-corrected chi connectivity index (χ4v) is 1.99. The van der Waals surface area contributed by atoms with E-state index in [2.05, 4.69) is 12.2 Å². The number of benzene rings is 1. The maximum absolute atomic E-state index is 11.9. The molecular weight excluding hydrogens is 292 g/mol. The molecule has 21 heavy (non-hydrogen) atoms. The van der Waals surface area contributed by atoms with E-state index >= 15 is 0 Å². The molecule has 1 atom stereocenters. The molecule has 0 heterocycles. The van der Waals surface area contributed by atoms with E-state index in [-0.39, 0.29) is 11.5 Å². The lowest BCUT2D eigenvalue weighted by atomic mass is 10.2. The Morgan fingerprint density at radius 1 is 1.33 bits per heavy atom. The number of rotatable bonds is 7. The standard InChI is InChI=1S/C15H21ClN2O3/c1-3-4-5-6-18-14(19)10(2)21-15(20)11-7-12(16)9-13(17)8-11/h7-10H,3-6,17H2,1-2H3,(H,18,19). The summed E-state index contributed by atoms with van der Waals surface area (Å²) in [4.78, 5) is 23.7. The van der Waals surface area contributed by atoms with Crippen molar-refractivity contribution in [2.75, 3.05) is 12.3 Å². The Kier molecular flexibility index (Phi) is 7.02. The molecule has 1 aromatic rings. The average Bonchev–Trinajstić information content (AvgIpc) is 2.42. The third-order valence-electron chi connectivity index (χ3n) is 2.89. The molecule has 0 bridgehead atoms. The highest BCUT2D eigenvalue weighted by molar-refractivity contribution is 6.31. The van der Waals surface area contributed by atoms with Gasteiger partial charge in [-0.15, -0.1) is 0 Å². The first-order chi connectivity index (χ1) is 9.93. The second-order valence-electron chi connectivity index (χ2n) is 4.82. The van der Waals surface area contributed by atoms with E-state index in [0.717, 1.165) is 19.3 Å². The Hall–Kier alpha value is -1.75. The van der Waals surface area contributed by atoms with Crippen LogP contribution in [0.3, 0.4) is 0 Å². The fourth-order valence-electron chi connectivity index (χ4n) is 1.74. The molecule has 5 nitrogen and oxygen atoms in total. The van der Waals surface area contributed by atoms with Crippen LogP contribution >= 0.6 is 11.6 Å². The van der Waals surface area contributed by atoms with Crippen LogP contribution in [0.15, 0.2) is 18.2 Å². The number of ether oxygens (including phenoxy) is 1. The van der Waals surface area contributed by atoms with E-state index in [4.69, 9.17) is 22.1 Å². The molecule has 1 rings (SSSR count). The minimum atomic E-state index is -0.862. The number of halogens is 1. The first-order valence-electron chi connectivity index (χ1n) is 6.98. The van der Waals surface area contributed by atoms with Gasteiger partial charge in [-0.25, -0.2) is 4.79 Å². The van der Waals surface area contributed by atoms with Crippen LogP contribution in [0.4, 0.5) is 5.69 Å². The summed E-state index contributed by atoms with van der Waals surface area (Å²) in [6, 6.07) is 4.44. The lowest BCUT2D eigenvalue weighted by Crippen LogP contribution is -2.36. The Labute approximate surface area is 129 Å². The van der Waals surface area contributed by atoms with Gasteiger partial charge in [-0.3, -0.25) is 4.79 Å². The summed E-state index contributed by atoms with van der Waals surface area (Å²) in [5.41, 5.74) is 6.20. The number of unbranched alkanes of at least 4 members (excludes halogenated alkanes) is 2. The molecule has 0 aromatic heterocycles. The Morgan fingerprint density at radius 3 is 2.67 bits per heavy atom. The molecule has 1 aromatic carbocycles. The summed E-state index contributed by atoms with van der Waals surface area (Å²) in [5, 5.41) is 3.08. The quantitative estimate of drug-likeness (QED) is 0.461. The second kappa shape index (κ2) is 8.52. The summed E-state index contributed by atoms with van der Waals surface area (Å²) in [7, 11) is 0. The molecule has 0 fully saturated rings. The van der Waals surface area contributed by atoms with Crippen molar-refractivity contribution in [1.82, 2.24) is 5.32 Å².